The van der Waals surface area contributed by atoms with Crippen molar-refractivity contribution in [3.05, 3.63) is 33.8 Å². The van der Waals surface area contributed by atoms with Crippen molar-refractivity contribution in [1.29, 1.82) is 0 Å². The predicted octanol–water partition coefficient (Wildman–Crippen LogP) is 5.12. The van der Waals surface area contributed by atoms with Crippen molar-refractivity contribution < 1.29 is 0 Å². The van der Waals surface area contributed by atoms with E-state index in [1.807, 2.05) is 12.1 Å². The van der Waals surface area contributed by atoms with E-state index in [0.717, 1.165) is 6.54 Å². The number of nitrogens with one attached hydrogen (secondary N) is 1. The van der Waals surface area contributed by atoms with Gasteiger partial charge in [0.25, 0.3) is 0 Å². The zero-order chi connectivity index (χ0) is 13.9. The van der Waals surface area contributed by atoms with Gasteiger partial charge in [0.2, 0.25) is 0 Å². The Balaban J connectivity index is 2.87. The normalized spacial score (nSPS) is 14.0. The smallest absolute Gasteiger partial charge is 0.0595 e. The lowest BCUT2D eigenvalue weighted by Crippen LogP contribution is -2.39. The fourth-order valence-electron chi connectivity index (χ4n) is 1.90. The van der Waals surface area contributed by atoms with Crippen molar-refractivity contribution in [2.24, 2.45) is 5.92 Å². The molecule has 0 amide bonds. The van der Waals surface area contributed by atoms with Crippen LogP contribution in [0.25, 0.3) is 0 Å². The fraction of sp³-hybridized carbons (Fsp3) is 0.600. The standard InChI is InChI=1S/C15H23Cl2N/c1-10(2)12(9-18-15(3,4)5)11-6-7-13(16)14(17)8-11/h6-8,10,12,18H,9H2,1-5H3. The molecular formula is C15H23Cl2N. The zero-order valence-corrected chi connectivity index (χ0v) is 13.4. The van der Waals surface area contributed by atoms with Crippen LogP contribution in [-0.4, -0.2) is 12.1 Å². The maximum atomic E-state index is 6.10. The molecule has 0 bridgehead atoms. The van der Waals surface area contributed by atoms with Crippen molar-refractivity contribution in [2.75, 3.05) is 6.54 Å². The molecule has 1 N–H and O–H groups in total. The molecular weight excluding hydrogens is 265 g/mol. The van der Waals surface area contributed by atoms with Crippen LogP contribution in [0.4, 0.5) is 0 Å². The van der Waals surface area contributed by atoms with Crippen LogP contribution >= 0.6 is 23.2 Å². The van der Waals surface area contributed by atoms with Gasteiger partial charge >= 0.3 is 0 Å². The maximum absolute atomic E-state index is 6.10. The molecule has 0 aliphatic rings. The Kier molecular flexibility index (Phi) is 5.51. The van der Waals surface area contributed by atoms with E-state index in [1.54, 1.807) is 0 Å². The molecule has 0 saturated carbocycles. The Morgan fingerprint density at radius 1 is 1.11 bits per heavy atom. The number of rotatable bonds is 4. The molecule has 0 saturated heterocycles. The van der Waals surface area contributed by atoms with Crippen molar-refractivity contribution in [3.63, 3.8) is 0 Å². The van der Waals surface area contributed by atoms with Crippen LogP contribution in [0.2, 0.25) is 10.0 Å². The average Bonchev–Trinajstić information content (AvgIpc) is 2.21. The lowest BCUT2D eigenvalue weighted by Gasteiger charge is -2.28. The first-order valence-corrected chi connectivity index (χ1v) is 7.16. The molecule has 3 heteroatoms. The van der Waals surface area contributed by atoms with Crippen LogP contribution in [0, 0.1) is 5.92 Å². The molecule has 1 rings (SSSR count). The van der Waals surface area contributed by atoms with Gasteiger partial charge < -0.3 is 5.32 Å². The monoisotopic (exact) mass is 287 g/mol. The second-order valence-corrected chi connectivity index (χ2v) is 6.97. The molecule has 0 radical (unpaired) electrons. The maximum Gasteiger partial charge on any atom is 0.0595 e. The molecule has 1 atom stereocenters. The predicted molar refractivity (Wildman–Crippen MR) is 81.8 cm³/mol. The Labute approximate surface area is 121 Å². The summed E-state index contributed by atoms with van der Waals surface area (Å²) in [4.78, 5) is 0. The van der Waals surface area contributed by atoms with E-state index in [-0.39, 0.29) is 5.54 Å². The minimum atomic E-state index is 0.128. The Morgan fingerprint density at radius 2 is 1.72 bits per heavy atom. The molecule has 0 aliphatic carbocycles. The van der Waals surface area contributed by atoms with Crippen LogP contribution in [0.1, 0.15) is 46.1 Å². The van der Waals surface area contributed by atoms with Crippen molar-refractivity contribution in [3.8, 4) is 0 Å². The Morgan fingerprint density at radius 3 is 2.17 bits per heavy atom. The first kappa shape index (κ1) is 15.8. The third-order valence-corrected chi connectivity index (χ3v) is 3.77. The van der Waals surface area contributed by atoms with Crippen molar-refractivity contribution in [2.45, 2.75) is 46.1 Å². The molecule has 1 aromatic carbocycles. The summed E-state index contributed by atoms with van der Waals surface area (Å²) in [6.45, 7) is 12.0. The summed E-state index contributed by atoms with van der Waals surface area (Å²) in [5, 5.41) is 4.81. The Bertz CT molecular complexity index is 394. The van der Waals surface area contributed by atoms with Crippen LogP contribution in [0.3, 0.4) is 0 Å². The molecule has 18 heavy (non-hydrogen) atoms. The van der Waals surface area contributed by atoms with E-state index in [4.69, 9.17) is 23.2 Å². The van der Waals surface area contributed by atoms with E-state index in [9.17, 15) is 0 Å². The number of halogens is 2. The highest BCUT2D eigenvalue weighted by atomic mass is 35.5. The second kappa shape index (κ2) is 6.27. The molecule has 0 aliphatic heterocycles. The van der Waals surface area contributed by atoms with Gasteiger partial charge in [0.15, 0.2) is 0 Å². The minimum absolute atomic E-state index is 0.128. The van der Waals surface area contributed by atoms with Crippen molar-refractivity contribution >= 4 is 23.2 Å². The van der Waals surface area contributed by atoms with Gasteiger partial charge in [-0.05, 0) is 50.3 Å². The molecule has 1 nitrogen and oxygen atoms in total. The largest absolute Gasteiger partial charge is 0.311 e. The Hall–Kier alpha value is -0.240. The average molecular weight is 288 g/mol. The first-order chi connectivity index (χ1) is 8.20. The highest BCUT2D eigenvalue weighted by molar-refractivity contribution is 6.42. The van der Waals surface area contributed by atoms with Crippen LogP contribution in [0.5, 0.6) is 0 Å². The second-order valence-electron chi connectivity index (χ2n) is 6.15. The van der Waals surface area contributed by atoms with Gasteiger partial charge in [0.05, 0.1) is 10.0 Å². The summed E-state index contributed by atoms with van der Waals surface area (Å²) >= 11 is 12.1. The zero-order valence-electron chi connectivity index (χ0n) is 11.8. The summed E-state index contributed by atoms with van der Waals surface area (Å²) in [6, 6.07) is 5.94. The molecule has 0 heterocycles. The summed E-state index contributed by atoms with van der Waals surface area (Å²) < 4.78 is 0. The molecule has 102 valence electrons. The van der Waals surface area contributed by atoms with Crippen LogP contribution < -0.4 is 5.32 Å². The molecule has 0 spiro atoms. The lowest BCUT2D eigenvalue weighted by atomic mass is 9.87. The summed E-state index contributed by atoms with van der Waals surface area (Å²) in [5.74, 6) is 0.996. The van der Waals surface area contributed by atoms with Gasteiger partial charge in [-0.15, -0.1) is 0 Å². The first-order valence-electron chi connectivity index (χ1n) is 6.40. The minimum Gasteiger partial charge on any atom is -0.311 e. The van der Waals surface area contributed by atoms with Gasteiger partial charge in [-0.25, -0.2) is 0 Å². The van der Waals surface area contributed by atoms with Gasteiger partial charge in [0, 0.05) is 12.1 Å². The van der Waals surface area contributed by atoms with E-state index >= 15 is 0 Å². The van der Waals surface area contributed by atoms with Gasteiger partial charge in [-0.3, -0.25) is 0 Å². The topological polar surface area (TPSA) is 12.0 Å². The highest BCUT2D eigenvalue weighted by Crippen LogP contribution is 2.30. The quantitative estimate of drug-likeness (QED) is 0.810. The molecule has 1 unspecified atom stereocenters. The van der Waals surface area contributed by atoms with E-state index in [0.29, 0.717) is 21.9 Å². The fourth-order valence-corrected chi connectivity index (χ4v) is 2.20. The number of benzene rings is 1. The highest BCUT2D eigenvalue weighted by Gasteiger charge is 2.19. The summed E-state index contributed by atoms with van der Waals surface area (Å²) in [7, 11) is 0. The number of hydrogen-bond acceptors (Lipinski definition) is 1. The van der Waals surface area contributed by atoms with Crippen LogP contribution in [0.15, 0.2) is 18.2 Å². The van der Waals surface area contributed by atoms with E-state index in [2.05, 4.69) is 46.0 Å². The van der Waals surface area contributed by atoms with Gasteiger partial charge in [0.1, 0.15) is 0 Å². The third-order valence-electron chi connectivity index (χ3n) is 3.03. The molecule has 0 fully saturated rings. The summed E-state index contributed by atoms with van der Waals surface area (Å²) in [5.41, 5.74) is 1.37. The van der Waals surface area contributed by atoms with Crippen LogP contribution in [-0.2, 0) is 0 Å². The van der Waals surface area contributed by atoms with Gasteiger partial charge in [-0.1, -0.05) is 43.1 Å². The van der Waals surface area contributed by atoms with Gasteiger partial charge in [-0.2, -0.15) is 0 Å². The van der Waals surface area contributed by atoms with Crippen molar-refractivity contribution in [1.82, 2.24) is 5.32 Å². The SMILES string of the molecule is CC(C)C(CNC(C)(C)C)c1ccc(Cl)c(Cl)c1. The van der Waals surface area contributed by atoms with E-state index in [1.165, 1.54) is 5.56 Å². The van der Waals surface area contributed by atoms with E-state index < -0.39 is 0 Å². The lowest BCUT2D eigenvalue weighted by molar-refractivity contribution is 0.372. The number of hydrogen-bond donors (Lipinski definition) is 1. The third kappa shape index (κ3) is 4.79. The summed E-state index contributed by atoms with van der Waals surface area (Å²) in [6.07, 6.45) is 0. The molecule has 0 aromatic heterocycles. The molecule has 1 aromatic rings.